The van der Waals surface area contributed by atoms with E-state index in [4.69, 9.17) is 0 Å². The van der Waals surface area contributed by atoms with Crippen LogP contribution in [0.1, 0.15) is 19.8 Å². The molecule has 1 heterocycles. The first-order valence-electron chi connectivity index (χ1n) is 6.21. The van der Waals surface area contributed by atoms with Crippen molar-refractivity contribution in [3.8, 4) is 0 Å². The monoisotopic (exact) mass is 302 g/mol. The summed E-state index contributed by atoms with van der Waals surface area (Å²) < 4.78 is 25.0. The lowest BCUT2D eigenvalue weighted by molar-refractivity contribution is 0.252. The van der Waals surface area contributed by atoms with Crippen LogP contribution in [0.2, 0.25) is 0 Å². The highest BCUT2D eigenvalue weighted by atomic mass is 32.2. The maximum absolute atomic E-state index is 12.5. The Bertz CT molecular complexity index is 452. The van der Waals surface area contributed by atoms with Crippen LogP contribution >= 0.6 is 23.5 Å². The largest absolute Gasteiger partial charge is 0.334 e. The standard InChI is InChI=1S/C13H16F2N2S2/c1-2-5-9-8-16-13(18-9)17-10-6-3-4-7-11(10)19-12(14)15/h3-4,6-7,9,12H,2,5,8H2,1H3,(H,16,17). The lowest BCUT2D eigenvalue weighted by Crippen LogP contribution is -2.08. The number of amidine groups is 1. The summed E-state index contributed by atoms with van der Waals surface area (Å²) in [5.41, 5.74) is 0.705. The molecule has 2 rings (SSSR count). The number of nitrogens with one attached hydrogen (secondary N) is 1. The predicted molar refractivity (Wildman–Crippen MR) is 80.5 cm³/mol. The number of thioether (sulfide) groups is 2. The van der Waals surface area contributed by atoms with Crippen molar-refractivity contribution in [3.63, 3.8) is 0 Å². The van der Waals surface area contributed by atoms with E-state index in [0.29, 0.717) is 27.6 Å². The van der Waals surface area contributed by atoms with Gasteiger partial charge in [0.05, 0.1) is 12.2 Å². The van der Waals surface area contributed by atoms with Crippen molar-refractivity contribution in [2.24, 2.45) is 4.99 Å². The first-order valence-corrected chi connectivity index (χ1v) is 7.97. The van der Waals surface area contributed by atoms with E-state index in [0.717, 1.165) is 24.6 Å². The molecular formula is C13H16F2N2S2. The summed E-state index contributed by atoms with van der Waals surface area (Å²) in [6.45, 7) is 2.96. The van der Waals surface area contributed by atoms with Gasteiger partial charge in [0, 0.05) is 10.1 Å². The summed E-state index contributed by atoms with van der Waals surface area (Å²) in [5.74, 6) is -2.41. The number of hydrogen-bond acceptors (Lipinski definition) is 4. The fourth-order valence-corrected chi connectivity index (χ4v) is 3.57. The minimum absolute atomic E-state index is 0.516. The molecule has 0 amide bonds. The molecule has 104 valence electrons. The van der Waals surface area contributed by atoms with E-state index in [1.54, 1.807) is 30.0 Å². The van der Waals surface area contributed by atoms with Gasteiger partial charge < -0.3 is 5.32 Å². The van der Waals surface area contributed by atoms with Crippen molar-refractivity contribution in [3.05, 3.63) is 24.3 Å². The van der Waals surface area contributed by atoms with Crippen molar-refractivity contribution in [2.75, 3.05) is 11.9 Å². The molecule has 1 aliphatic rings. The molecule has 1 unspecified atom stereocenters. The molecule has 2 nitrogen and oxygen atoms in total. The maximum atomic E-state index is 12.5. The van der Waals surface area contributed by atoms with Crippen LogP contribution < -0.4 is 5.32 Å². The van der Waals surface area contributed by atoms with Gasteiger partial charge in [-0.3, -0.25) is 4.99 Å². The van der Waals surface area contributed by atoms with Gasteiger partial charge in [-0.05, 0) is 18.6 Å². The molecule has 0 aromatic heterocycles. The third-order valence-corrected chi connectivity index (χ3v) is 4.63. The first-order chi connectivity index (χ1) is 9.19. The van der Waals surface area contributed by atoms with Crippen molar-refractivity contribution in [2.45, 2.75) is 35.7 Å². The summed E-state index contributed by atoms with van der Waals surface area (Å²) in [6, 6.07) is 7.10. The molecule has 6 heteroatoms. The van der Waals surface area contributed by atoms with Gasteiger partial charge in [-0.2, -0.15) is 8.78 Å². The molecule has 1 atom stereocenters. The predicted octanol–water partition coefficient (Wildman–Crippen LogP) is 4.68. The van der Waals surface area contributed by atoms with Gasteiger partial charge in [-0.1, -0.05) is 49.0 Å². The van der Waals surface area contributed by atoms with Crippen LogP contribution in [-0.2, 0) is 0 Å². The maximum Gasteiger partial charge on any atom is 0.288 e. The quantitative estimate of drug-likeness (QED) is 0.799. The summed E-state index contributed by atoms with van der Waals surface area (Å²) in [6.07, 6.45) is 2.27. The Kier molecular flexibility index (Phi) is 5.51. The SMILES string of the molecule is CCCC1CN=C(Nc2ccccc2SC(F)F)S1. The number of anilines is 1. The topological polar surface area (TPSA) is 24.4 Å². The van der Waals surface area contributed by atoms with Crippen LogP contribution in [0.25, 0.3) is 0 Å². The Hall–Kier alpha value is -0.750. The number of alkyl halides is 2. The lowest BCUT2D eigenvalue weighted by atomic mass is 10.2. The van der Waals surface area contributed by atoms with Gasteiger partial charge in [-0.25, -0.2) is 0 Å². The molecule has 1 aromatic carbocycles. The molecular weight excluding hydrogens is 286 g/mol. The first kappa shape index (κ1) is 14.7. The zero-order valence-electron chi connectivity index (χ0n) is 10.6. The van der Waals surface area contributed by atoms with Crippen LogP contribution in [0, 0.1) is 0 Å². The fraction of sp³-hybridized carbons (Fsp3) is 0.462. The van der Waals surface area contributed by atoms with E-state index in [2.05, 4.69) is 17.2 Å². The summed E-state index contributed by atoms with van der Waals surface area (Å²) >= 11 is 2.26. The Balaban J connectivity index is 2.00. The minimum Gasteiger partial charge on any atom is -0.334 e. The van der Waals surface area contributed by atoms with Crippen molar-refractivity contribution in [1.82, 2.24) is 0 Å². The molecule has 1 aromatic rings. The average Bonchev–Trinajstić information content (AvgIpc) is 2.79. The van der Waals surface area contributed by atoms with E-state index in [-0.39, 0.29) is 0 Å². The number of aliphatic imine (C=N–C) groups is 1. The molecule has 1 aliphatic heterocycles. The summed E-state index contributed by atoms with van der Waals surface area (Å²) in [4.78, 5) is 4.98. The fourth-order valence-electron chi connectivity index (χ4n) is 1.84. The number of benzene rings is 1. The van der Waals surface area contributed by atoms with Gasteiger partial charge in [0.2, 0.25) is 0 Å². The molecule has 0 bridgehead atoms. The Morgan fingerprint density at radius 2 is 2.26 bits per heavy atom. The Morgan fingerprint density at radius 1 is 1.47 bits per heavy atom. The molecule has 19 heavy (non-hydrogen) atoms. The highest BCUT2D eigenvalue weighted by Gasteiger charge is 2.19. The molecule has 1 N–H and O–H groups in total. The second-order valence-corrected chi connectivity index (χ2v) is 6.49. The lowest BCUT2D eigenvalue weighted by Gasteiger charge is -2.11. The molecule has 0 spiro atoms. The number of nitrogens with zero attached hydrogens (tertiary/aromatic N) is 1. The van der Waals surface area contributed by atoms with Crippen molar-refractivity contribution in [1.29, 1.82) is 0 Å². The Labute approximate surface area is 120 Å². The second kappa shape index (κ2) is 7.14. The minimum atomic E-state index is -2.41. The van der Waals surface area contributed by atoms with Crippen molar-refractivity contribution >= 4 is 34.4 Å². The third-order valence-electron chi connectivity index (χ3n) is 2.67. The second-order valence-electron chi connectivity index (χ2n) is 4.17. The molecule has 0 saturated carbocycles. The average molecular weight is 302 g/mol. The normalized spacial score (nSPS) is 18.7. The van der Waals surface area contributed by atoms with Crippen molar-refractivity contribution < 1.29 is 8.78 Å². The van der Waals surface area contributed by atoms with Gasteiger partial charge >= 0.3 is 0 Å². The van der Waals surface area contributed by atoms with E-state index >= 15 is 0 Å². The zero-order valence-corrected chi connectivity index (χ0v) is 12.2. The molecule has 0 aliphatic carbocycles. The number of para-hydroxylation sites is 1. The van der Waals surface area contributed by atoms with E-state index in [1.807, 2.05) is 6.07 Å². The summed E-state index contributed by atoms with van der Waals surface area (Å²) in [7, 11) is 0. The van der Waals surface area contributed by atoms with Gasteiger partial charge in [0.25, 0.3) is 5.76 Å². The smallest absolute Gasteiger partial charge is 0.288 e. The van der Waals surface area contributed by atoms with Crippen LogP contribution in [0.3, 0.4) is 0 Å². The number of halogens is 2. The van der Waals surface area contributed by atoms with Crippen LogP contribution in [0.4, 0.5) is 14.5 Å². The van der Waals surface area contributed by atoms with E-state index in [9.17, 15) is 8.78 Å². The third kappa shape index (κ3) is 4.38. The van der Waals surface area contributed by atoms with Gasteiger partial charge in [0.1, 0.15) is 0 Å². The van der Waals surface area contributed by atoms with Gasteiger partial charge in [-0.15, -0.1) is 0 Å². The molecule has 0 radical (unpaired) electrons. The van der Waals surface area contributed by atoms with Crippen LogP contribution in [0.5, 0.6) is 0 Å². The molecule has 0 fully saturated rings. The number of rotatable bonds is 5. The Morgan fingerprint density at radius 3 is 3.00 bits per heavy atom. The van der Waals surface area contributed by atoms with Gasteiger partial charge in [0.15, 0.2) is 5.17 Å². The van der Waals surface area contributed by atoms with Crippen LogP contribution in [0.15, 0.2) is 34.2 Å². The number of hydrogen-bond donors (Lipinski definition) is 1. The highest BCUT2D eigenvalue weighted by molar-refractivity contribution is 8.15. The summed E-state index contributed by atoms with van der Waals surface area (Å²) in [5, 5.41) is 4.51. The van der Waals surface area contributed by atoms with Crippen LogP contribution in [-0.4, -0.2) is 22.7 Å². The van der Waals surface area contributed by atoms with E-state index in [1.165, 1.54) is 0 Å². The zero-order chi connectivity index (χ0) is 13.7. The molecule has 0 saturated heterocycles. The van der Waals surface area contributed by atoms with E-state index < -0.39 is 5.76 Å². The highest BCUT2D eigenvalue weighted by Crippen LogP contribution is 2.33.